The number of imide groups is 1. The van der Waals surface area contributed by atoms with Gasteiger partial charge in [-0.2, -0.15) is 0 Å². The molecule has 146 valence electrons. The van der Waals surface area contributed by atoms with Gasteiger partial charge in [-0.05, 0) is 36.2 Å². The minimum absolute atomic E-state index is 0. The van der Waals surface area contributed by atoms with E-state index >= 15 is 0 Å². The lowest BCUT2D eigenvalue weighted by Gasteiger charge is -2.08. The Morgan fingerprint density at radius 2 is 1.81 bits per heavy atom. The van der Waals surface area contributed by atoms with Crippen LogP contribution in [0.4, 0.5) is 4.79 Å². The Labute approximate surface area is 165 Å². The van der Waals surface area contributed by atoms with Crippen molar-refractivity contribution in [2.24, 2.45) is 0 Å². The highest BCUT2D eigenvalue weighted by atomic mass is 32.2. The van der Waals surface area contributed by atoms with Crippen LogP contribution in [0.2, 0.25) is 0 Å². The summed E-state index contributed by atoms with van der Waals surface area (Å²) in [5, 5.41) is 1.69. The van der Waals surface area contributed by atoms with Crippen LogP contribution >= 0.6 is 11.8 Å². The molecule has 3 rings (SSSR count). The number of hydrogen-bond acceptors (Lipinski definition) is 5. The highest BCUT2D eigenvalue weighted by molar-refractivity contribution is 8.15. The monoisotopic (exact) mass is 388 g/mol. The second-order valence-corrected chi connectivity index (χ2v) is 7.03. The van der Waals surface area contributed by atoms with E-state index in [0.29, 0.717) is 13.0 Å². The van der Waals surface area contributed by atoms with Crippen LogP contribution in [0.15, 0.2) is 48.7 Å². The Morgan fingerprint density at radius 3 is 2.37 bits per heavy atom. The molecule has 2 aromatic rings. The standard InChI is InChI=1S/C17H16N2O3S.C3H8.CH4/c20-16-15(23-17(21)19-16)11-12-4-6-14(7-5-12)22-10-8-13-3-1-2-9-18-13;1-3-2;/h1-7,9,15H,8,10-11H2,(H,19,20,21);3H2,1-2H3;1H4. The zero-order chi connectivity index (χ0) is 18.8. The van der Waals surface area contributed by atoms with Crippen LogP contribution in [0.1, 0.15) is 39.0 Å². The van der Waals surface area contributed by atoms with E-state index in [4.69, 9.17) is 4.74 Å². The molecule has 1 aromatic heterocycles. The van der Waals surface area contributed by atoms with Crippen LogP contribution in [-0.4, -0.2) is 28.0 Å². The quantitative estimate of drug-likeness (QED) is 0.780. The number of nitrogens with zero attached hydrogens (tertiary/aromatic N) is 1. The number of nitrogens with one attached hydrogen (secondary N) is 1. The van der Waals surface area contributed by atoms with Crippen LogP contribution in [0, 0.1) is 0 Å². The fourth-order valence-electron chi connectivity index (χ4n) is 2.28. The van der Waals surface area contributed by atoms with E-state index in [0.717, 1.165) is 35.2 Å². The summed E-state index contributed by atoms with van der Waals surface area (Å²) in [5.74, 6) is 0.569. The lowest BCUT2D eigenvalue weighted by Crippen LogP contribution is -2.25. The molecule has 0 spiro atoms. The van der Waals surface area contributed by atoms with E-state index in [1.165, 1.54) is 6.42 Å². The van der Waals surface area contributed by atoms with Crippen LogP contribution in [0.25, 0.3) is 0 Å². The number of aromatic nitrogens is 1. The summed E-state index contributed by atoms with van der Waals surface area (Å²) in [6, 6.07) is 13.4. The van der Waals surface area contributed by atoms with Crippen molar-refractivity contribution in [1.29, 1.82) is 0 Å². The maximum absolute atomic E-state index is 11.5. The van der Waals surface area contributed by atoms with E-state index in [-0.39, 0.29) is 23.8 Å². The van der Waals surface area contributed by atoms with Crippen LogP contribution in [-0.2, 0) is 17.6 Å². The lowest BCUT2D eigenvalue weighted by atomic mass is 10.1. The first-order valence-electron chi connectivity index (χ1n) is 8.75. The summed E-state index contributed by atoms with van der Waals surface area (Å²) < 4.78 is 5.69. The number of ether oxygens (including phenoxy) is 1. The third-order valence-electron chi connectivity index (χ3n) is 3.46. The predicted molar refractivity (Wildman–Crippen MR) is 111 cm³/mol. The first kappa shape index (κ1) is 22.7. The Kier molecular flexibility index (Phi) is 10.2. The molecular formula is C21H28N2O3S. The fourth-order valence-corrected chi connectivity index (χ4v) is 3.14. The Bertz CT molecular complexity index is 705. The summed E-state index contributed by atoms with van der Waals surface area (Å²) in [7, 11) is 0. The minimum Gasteiger partial charge on any atom is -0.493 e. The average Bonchev–Trinajstić information content (AvgIpc) is 2.95. The molecule has 1 saturated heterocycles. The van der Waals surface area contributed by atoms with Crippen molar-refractivity contribution in [2.75, 3.05) is 6.61 Å². The maximum Gasteiger partial charge on any atom is 0.286 e. The number of thioether (sulfide) groups is 1. The molecule has 2 amide bonds. The first-order chi connectivity index (χ1) is 12.6. The van der Waals surface area contributed by atoms with E-state index < -0.39 is 0 Å². The number of rotatable bonds is 6. The molecule has 1 aliphatic heterocycles. The SMILES string of the molecule is C.CCC.O=C1NC(=O)C(Cc2ccc(OCCc3ccccn3)cc2)S1. The number of hydrogen-bond donors (Lipinski definition) is 1. The van der Waals surface area contributed by atoms with Crippen LogP contribution in [0.5, 0.6) is 5.75 Å². The number of carbonyl (C=O) groups excluding carboxylic acids is 2. The molecule has 0 radical (unpaired) electrons. The van der Waals surface area contributed by atoms with Gasteiger partial charge >= 0.3 is 0 Å². The highest BCUT2D eigenvalue weighted by Gasteiger charge is 2.31. The van der Waals surface area contributed by atoms with Gasteiger partial charge in [-0.25, -0.2) is 0 Å². The van der Waals surface area contributed by atoms with Gasteiger partial charge < -0.3 is 4.74 Å². The molecular weight excluding hydrogens is 360 g/mol. The van der Waals surface area contributed by atoms with E-state index in [2.05, 4.69) is 24.1 Å². The van der Waals surface area contributed by atoms with Crippen molar-refractivity contribution >= 4 is 22.9 Å². The largest absolute Gasteiger partial charge is 0.493 e. The molecule has 27 heavy (non-hydrogen) atoms. The Morgan fingerprint density at radius 1 is 1.11 bits per heavy atom. The lowest BCUT2D eigenvalue weighted by molar-refractivity contribution is -0.118. The molecule has 0 saturated carbocycles. The molecule has 0 bridgehead atoms. The Hall–Kier alpha value is -2.34. The van der Waals surface area contributed by atoms with Crippen LogP contribution < -0.4 is 10.1 Å². The zero-order valence-electron chi connectivity index (χ0n) is 15.1. The molecule has 6 heteroatoms. The second-order valence-electron chi connectivity index (χ2n) is 5.86. The second kappa shape index (κ2) is 12.1. The van der Waals surface area contributed by atoms with Crippen LogP contribution in [0.3, 0.4) is 0 Å². The van der Waals surface area contributed by atoms with Gasteiger partial charge in [0, 0.05) is 18.3 Å². The molecule has 1 atom stereocenters. The van der Waals surface area contributed by atoms with Crippen molar-refractivity contribution in [3.8, 4) is 5.75 Å². The molecule has 1 aliphatic rings. The van der Waals surface area contributed by atoms with Gasteiger partial charge in [0.25, 0.3) is 5.24 Å². The molecule has 2 heterocycles. The van der Waals surface area contributed by atoms with E-state index in [1.54, 1.807) is 6.20 Å². The van der Waals surface area contributed by atoms with Gasteiger partial charge in [-0.3, -0.25) is 19.9 Å². The topological polar surface area (TPSA) is 68.3 Å². The van der Waals surface area contributed by atoms with Crippen molar-refractivity contribution in [3.05, 3.63) is 59.9 Å². The molecule has 1 fully saturated rings. The van der Waals surface area contributed by atoms with Gasteiger partial charge in [0.05, 0.1) is 11.9 Å². The summed E-state index contributed by atoms with van der Waals surface area (Å²) >= 11 is 1.05. The van der Waals surface area contributed by atoms with E-state index in [9.17, 15) is 9.59 Å². The predicted octanol–water partition coefficient (Wildman–Crippen LogP) is 4.65. The third kappa shape index (κ3) is 7.83. The number of amides is 2. The van der Waals surface area contributed by atoms with Crippen molar-refractivity contribution in [1.82, 2.24) is 10.3 Å². The summed E-state index contributed by atoms with van der Waals surface area (Å²) in [4.78, 5) is 26.9. The fraction of sp³-hybridized carbons (Fsp3) is 0.381. The summed E-state index contributed by atoms with van der Waals surface area (Å²) in [6.07, 6.45) is 4.31. The number of pyridine rings is 1. The summed E-state index contributed by atoms with van der Waals surface area (Å²) in [6.45, 7) is 4.81. The zero-order valence-corrected chi connectivity index (χ0v) is 15.9. The molecule has 5 nitrogen and oxygen atoms in total. The third-order valence-corrected chi connectivity index (χ3v) is 4.45. The minimum atomic E-state index is -0.335. The maximum atomic E-state index is 11.5. The average molecular weight is 389 g/mol. The van der Waals surface area contributed by atoms with Gasteiger partial charge in [0.15, 0.2) is 0 Å². The van der Waals surface area contributed by atoms with E-state index in [1.807, 2.05) is 42.5 Å². The highest BCUT2D eigenvalue weighted by Crippen LogP contribution is 2.23. The van der Waals surface area contributed by atoms with Gasteiger partial charge in [0.2, 0.25) is 5.91 Å². The number of benzene rings is 1. The van der Waals surface area contributed by atoms with Crippen molar-refractivity contribution < 1.29 is 14.3 Å². The molecule has 1 aromatic carbocycles. The van der Waals surface area contributed by atoms with Crippen molar-refractivity contribution in [2.45, 2.75) is 45.8 Å². The smallest absolute Gasteiger partial charge is 0.286 e. The van der Waals surface area contributed by atoms with Crippen molar-refractivity contribution in [3.63, 3.8) is 0 Å². The Balaban J connectivity index is 0.000000855. The van der Waals surface area contributed by atoms with Gasteiger partial charge in [0.1, 0.15) is 5.75 Å². The summed E-state index contributed by atoms with van der Waals surface area (Å²) in [5.41, 5.74) is 2.00. The van der Waals surface area contributed by atoms with Gasteiger partial charge in [-0.15, -0.1) is 0 Å². The first-order valence-corrected chi connectivity index (χ1v) is 9.63. The number of carbonyl (C=O) groups is 2. The molecule has 0 aliphatic carbocycles. The molecule has 1 unspecified atom stereocenters. The normalized spacial score (nSPS) is 15.3. The molecule has 1 N–H and O–H groups in total. The van der Waals surface area contributed by atoms with Gasteiger partial charge in [-0.1, -0.05) is 57.7 Å².